The van der Waals surface area contributed by atoms with Gasteiger partial charge in [0.05, 0.1) is 6.54 Å². The topological polar surface area (TPSA) is 86.9 Å². The van der Waals surface area contributed by atoms with Crippen molar-refractivity contribution in [1.82, 2.24) is 9.88 Å². The van der Waals surface area contributed by atoms with Gasteiger partial charge in [0.25, 0.3) is 6.01 Å². The van der Waals surface area contributed by atoms with Crippen molar-refractivity contribution in [1.29, 1.82) is 0 Å². The lowest BCUT2D eigenvalue weighted by atomic mass is 9.95. The van der Waals surface area contributed by atoms with E-state index in [-0.39, 0.29) is 31.3 Å². The van der Waals surface area contributed by atoms with Crippen LogP contribution in [-0.4, -0.2) is 58.7 Å². The van der Waals surface area contributed by atoms with E-state index in [0.717, 1.165) is 11.1 Å². The molecule has 2 aliphatic rings. The molecule has 1 N–H and O–H groups in total. The number of oxazole rings is 1. The van der Waals surface area contributed by atoms with E-state index < -0.39 is 11.6 Å². The number of fused-ring (bicyclic) bond motifs is 1. The maximum absolute atomic E-state index is 14.2. The second-order valence-electron chi connectivity index (χ2n) is 7.01. The number of carboxylic acid groups (broad SMARTS) is 1. The average Bonchev–Trinajstić information content (AvgIpc) is 3.26. The number of benzene rings is 1. The van der Waals surface area contributed by atoms with Crippen LogP contribution in [0.25, 0.3) is 11.1 Å². The molecule has 3 heterocycles. The van der Waals surface area contributed by atoms with Gasteiger partial charge in [-0.25, -0.2) is 9.18 Å². The smallest absolute Gasteiger partial charge is 0.343 e. The molecule has 2 saturated heterocycles. The monoisotopic (exact) mass is 361 g/mol. The first kappa shape index (κ1) is 16.8. The number of carbonyl (C=O) groups excluding carboxylic acids is 1. The molecule has 0 saturated carbocycles. The molecular formula is C18H20FN3O4. The molecule has 8 heteroatoms. The summed E-state index contributed by atoms with van der Waals surface area (Å²) in [5, 5.41) is 8.97. The third-order valence-electron chi connectivity index (χ3n) is 5.31. The van der Waals surface area contributed by atoms with Crippen molar-refractivity contribution in [3.05, 3.63) is 24.3 Å². The Labute approximate surface area is 149 Å². The van der Waals surface area contributed by atoms with E-state index >= 15 is 0 Å². The minimum Gasteiger partial charge on any atom is -0.479 e. The third-order valence-corrected chi connectivity index (χ3v) is 5.31. The molecule has 0 bridgehead atoms. The van der Waals surface area contributed by atoms with Gasteiger partial charge >= 0.3 is 5.97 Å². The molecular weight excluding hydrogens is 341 g/mol. The number of aromatic nitrogens is 1. The summed E-state index contributed by atoms with van der Waals surface area (Å²) in [5.74, 6) is -1.85. The van der Waals surface area contributed by atoms with Crippen LogP contribution in [0.4, 0.5) is 10.4 Å². The molecule has 4 rings (SSSR count). The van der Waals surface area contributed by atoms with Crippen molar-refractivity contribution in [3.8, 4) is 0 Å². The number of amides is 1. The zero-order chi connectivity index (χ0) is 18.3. The van der Waals surface area contributed by atoms with Crippen LogP contribution >= 0.6 is 0 Å². The molecule has 1 aromatic carbocycles. The van der Waals surface area contributed by atoms with Gasteiger partial charge < -0.3 is 19.3 Å². The number of nitrogens with zero attached hydrogens (tertiary/aromatic N) is 3. The number of alkyl halides is 1. The van der Waals surface area contributed by atoms with E-state index in [1.54, 1.807) is 0 Å². The molecule has 7 nitrogen and oxygen atoms in total. The van der Waals surface area contributed by atoms with E-state index in [2.05, 4.69) is 4.98 Å². The fourth-order valence-electron chi connectivity index (χ4n) is 3.71. The lowest BCUT2D eigenvalue weighted by molar-refractivity contribution is -0.150. The van der Waals surface area contributed by atoms with E-state index in [4.69, 9.17) is 9.52 Å². The maximum atomic E-state index is 14.2. The van der Waals surface area contributed by atoms with Crippen LogP contribution in [0.5, 0.6) is 0 Å². The van der Waals surface area contributed by atoms with Crippen molar-refractivity contribution in [2.75, 3.05) is 31.1 Å². The van der Waals surface area contributed by atoms with Gasteiger partial charge in [-0.05, 0) is 25.0 Å². The van der Waals surface area contributed by atoms with E-state index in [1.165, 1.54) is 4.90 Å². The Morgan fingerprint density at radius 3 is 2.62 bits per heavy atom. The summed E-state index contributed by atoms with van der Waals surface area (Å²) in [6, 6.07) is 8.09. The van der Waals surface area contributed by atoms with Gasteiger partial charge in [-0.3, -0.25) is 4.79 Å². The lowest BCUT2D eigenvalue weighted by Gasteiger charge is -2.32. The molecule has 1 atom stereocenters. The van der Waals surface area contributed by atoms with Crippen molar-refractivity contribution >= 4 is 29.0 Å². The largest absolute Gasteiger partial charge is 0.479 e. The molecule has 2 fully saturated rings. The first-order valence-corrected chi connectivity index (χ1v) is 8.78. The number of carbonyl (C=O) groups is 2. The number of para-hydroxylation sites is 2. The Morgan fingerprint density at radius 1 is 1.23 bits per heavy atom. The number of likely N-dealkylation sites (tertiary alicyclic amines) is 1. The Balaban J connectivity index is 1.37. The highest BCUT2D eigenvalue weighted by Gasteiger charge is 2.47. The van der Waals surface area contributed by atoms with Crippen LogP contribution < -0.4 is 4.90 Å². The molecule has 1 aromatic heterocycles. The van der Waals surface area contributed by atoms with Gasteiger partial charge in [0, 0.05) is 32.0 Å². The Hall–Kier alpha value is -2.64. The van der Waals surface area contributed by atoms with Gasteiger partial charge in [0.1, 0.15) is 5.52 Å². The molecule has 0 aliphatic carbocycles. The lowest BCUT2D eigenvalue weighted by Crippen LogP contribution is -2.44. The minimum absolute atomic E-state index is 0.143. The Morgan fingerprint density at radius 2 is 1.96 bits per heavy atom. The number of piperidine rings is 1. The summed E-state index contributed by atoms with van der Waals surface area (Å²) in [7, 11) is 0. The molecule has 26 heavy (non-hydrogen) atoms. The van der Waals surface area contributed by atoms with Gasteiger partial charge in [-0.2, -0.15) is 4.98 Å². The third kappa shape index (κ3) is 2.89. The summed E-state index contributed by atoms with van der Waals surface area (Å²) in [4.78, 5) is 31.4. The number of rotatable bonds is 3. The molecule has 2 aromatic rings. The SMILES string of the molecule is O=C(C1CCN(c2nc3ccccc3o2)CC1)N1CCC(F)(C(=O)O)C1. The minimum atomic E-state index is -2.31. The highest BCUT2D eigenvalue weighted by atomic mass is 19.1. The fourth-order valence-corrected chi connectivity index (χ4v) is 3.71. The summed E-state index contributed by atoms with van der Waals surface area (Å²) >= 11 is 0. The number of anilines is 1. The zero-order valence-corrected chi connectivity index (χ0v) is 14.2. The quantitative estimate of drug-likeness (QED) is 0.901. The number of carboxylic acids is 1. The van der Waals surface area contributed by atoms with Crippen LogP contribution in [0.2, 0.25) is 0 Å². The van der Waals surface area contributed by atoms with Crippen LogP contribution in [0.3, 0.4) is 0 Å². The summed E-state index contributed by atoms with van der Waals surface area (Å²) in [5.41, 5.74) is -0.786. The van der Waals surface area contributed by atoms with Crippen LogP contribution in [0, 0.1) is 5.92 Å². The maximum Gasteiger partial charge on any atom is 0.343 e. The average molecular weight is 361 g/mol. The van der Waals surface area contributed by atoms with Gasteiger partial charge in [0.2, 0.25) is 11.6 Å². The number of hydrogen-bond donors (Lipinski definition) is 1. The van der Waals surface area contributed by atoms with E-state index in [9.17, 15) is 14.0 Å². The van der Waals surface area contributed by atoms with Crippen molar-refractivity contribution in [3.63, 3.8) is 0 Å². The van der Waals surface area contributed by atoms with Crippen molar-refractivity contribution in [2.24, 2.45) is 5.92 Å². The second-order valence-corrected chi connectivity index (χ2v) is 7.01. The summed E-state index contributed by atoms with van der Waals surface area (Å²) < 4.78 is 19.9. The predicted molar refractivity (Wildman–Crippen MR) is 91.6 cm³/mol. The number of halogens is 1. The summed E-state index contributed by atoms with van der Waals surface area (Å²) in [6.45, 7) is 1.05. The van der Waals surface area contributed by atoms with Crippen molar-refractivity contribution < 1.29 is 23.5 Å². The van der Waals surface area contributed by atoms with Gasteiger partial charge in [0.15, 0.2) is 5.58 Å². The standard InChI is InChI=1S/C18H20FN3O4/c19-18(16(24)25)7-10-22(11-18)15(23)12-5-8-21(9-6-12)17-20-13-3-1-2-4-14(13)26-17/h1-4,12H,5-11H2,(H,24,25). The summed E-state index contributed by atoms with van der Waals surface area (Å²) in [6.07, 6.45) is 1.08. The molecule has 0 spiro atoms. The van der Waals surface area contributed by atoms with E-state index in [0.29, 0.717) is 31.9 Å². The molecule has 0 radical (unpaired) electrons. The Bertz CT molecular complexity index is 813. The van der Waals surface area contributed by atoms with Crippen molar-refractivity contribution in [2.45, 2.75) is 24.9 Å². The first-order chi connectivity index (χ1) is 12.5. The van der Waals surface area contributed by atoms with Crippen LogP contribution in [0.1, 0.15) is 19.3 Å². The molecule has 138 valence electrons. The fraction of sp³-hybridized carbons (Fsp3) is 0.500. The molecule has 1 unspecified atom stereocenters. The van der Waals surface area contributed by atoms with E-state index in [1.807, 2.05) is 29.2 Å². The number of aliphatic carboxylic acids is 1. The highest BCUT2D eigenvalue weighted by Crippen LogP contribution is 2.31. The zero-order valence-electron chi connectivity index (χ0n) is 14.2. The predicted octanol–water partition coefficient (Wildman–Crippen LogP) is 2.07. The molecule has 2 aliphatic heterocycles. The van der Waals surface area contributed by atoms with Crippen LogP contribution in [-0.2, 0) is 9.59 Å². The Kier molecular flexibility index (Phi) is 4.05. The second kappa shape index (κ2) is 6.26. The van der Waals surface area contributed by atoms with Gasteiger partial charge in [-0.15, -0.1) is 0 Å². The molecule has 1 amide bonds. The number of hydrogen-bond acceptors (Lipinski definition) is 5. The normalized spacial score (nSPS) is 24.3. The van der Waals surface area contributed by atoms with Gasteiger partial charge in [-0.1, -0.05) is 12.1 Å². The first-order valence-electron chi connectivity index (χ1n) is 8.78. The highest BCUT2D eigenvalue weighted by molar-refractivity contribution is 5.83. The van der Waals surface area contributed by atoms with Crippen LogP contribution in [0.15, 0.2) is 28.7 Å².